The van der Waals surface area contributed by atoms with Crippen LogP contribution in [0.1, 0.15) is 29.0 Å². The zero-order valence-electron chi connectivity index (χ0n) is 16.0. The van der Waals surface area contributed by atoms with Crippen LogP contribution in [-0.2, 0) is 29.0 Å². The summed E-state index contributed by atoms with van der Waals surface area (Å²) in [4.78, 5) is 27.6. The maximum absolute atomic E-state index is 12.4. The number of fused-ring (bicyclic) bond motifs is 1. The van der Waals surface area contributed by atoms with Crippen LogP contribution < -0.4 is 5.32 Å². The average Bonchev–Trinajstić information content (AvgIpc) is 3.28. The number of nitrogens with one attached hydrogen (secondary N) is 1. The summed E-state index contributed by atoms with van der Waals surface area (Å²) >= 11 is 1.58. The third-order valence-corrected chi connectivity index (χ3v) is 6.33. The summed E-state index contributed by atoms with van der Waals surface area (Å²) in [5, 5.41) is 4.94. The van der Waals surface area contributed by atoms with Crippen LogP contribution >= 0.6 is 11.3 Å². The summed E-state index contributed by atoms with van der Waals surface area (Å²) in [6.45, 7) is 1.36. The van der Waals surface area contributed by atoms with Gasteiger partial charge in [0.15, 0.2) is 0 Å². The first-order valence-corrected chi connectivity index (χ1v) is 10.9. The molecule has 2 aliphatic rings. The van der Waals surface area contributed by atoms with Crippen LogP contribution in [0.5, 0.6) is 0 Å². The van der Waals surface area contributed by atoms with E-state index in [9.17, 15) is 9.59 Å². The molecule has 0 bridgehead atoms. The lowest BCUT2D eigenvalue weighted by Crippen LogP contribution is -2.36. The molecule has 1 saturated carbocycles. The minimum Gasteiger partial charge on any atom is -0.461 e. The summed E-state index contributed by atoms with van der Waals surface area (Å²) in [5.41, 5.74) is 2.77. The van der Waals surface area contributed by atoms with E-state index in [1.165, 1.54) is 0 Å². The standard InChI is InChI=1S/C23H22N2O3S/c26-22(13-19-5-2-10-29-19)24-18-4-1-3-16(11-18)21-12-17-14-25(9-8-20(17)28-21)23(27)15-6-7-15/h1-5,10-12,15H,6-9,13-14H2,(H,24,26). The Morgan fingerprint density at radius 2 is 2.07 bits per heavy atom. The molecule has 3 aromatic rings. The lowest BCUT2D eigenvalue weighted by atomic mass is 10.1. The normalized spacial score (nSPS) is 15.8. The van der Waals surface area contributed by atoms with Gasteiger partial charge in [-0.05, 0) is 42.5 Å². The van der Waals surface area contributed by atoms with Crippen molar-refractivity contribution in [1.29, 1.82) is 0 Å². The lowest BCUT2D eigenvalue weighted by Gasteiger charge is -2.26. The van der Waals surface area contributed by atoms with E-state index >= 15 is 0 Å². The van der Waals surface area contributed by atoms with Gasteiger partial charge < -0.3 is 14.6 Å². The topological polar surface area (TPSA) is 62.6 Å². The summed E-state index contributed by atoms with van der Waals surface area (Å²) in [6, 6.07) is 13.7. The van der Waals surface area contributed by atoms with Crippen LogP contribution in [0.4, 0.5) is 5.69 Å². The number of anilines is 1. The fraction of sp³-hybridized carbons (Fsp3) is 0.304. The molecule has 2 aromatic heterocycles. The second kappa shape index (κ2) is 7.52. The van der Waals surface area contributed by atoms with Crippen molar-refractivity contribution in [1.82, 2.24) is 4.90 Å². The molecule has 1 aromatic carbocycles. The predicted molar refractivity (Wildman–Crippen MR) is 113 cm³/mol. The van der Waals surface area contributed by atoms with Gasteiger partial charge in [0.1, 0.15) is 11.5 Å². The van der Waals surface area contributed by atoms with E-state index in [0.29, 0.717) is 13.0 Å². The smallest absolute Gasteiger partial charge is 0.229 e. The van der Waals surface area contributed by atoms with Gasteiger partial charge in [0.2, 0.25) is 11.8 Å². The molecule has 5 nitrogen and oxygen atoms in total. The number of hydrogen-bond donors (Lipinski definition) is 1. The van der Waals surface area contributed by atoms with Gasteiger partial charge in [-0.2, -0.15) is 0 Å². The van der Waals surface area contributed by atoms with Crippen molar-refractivity contribution in [3.05, 3.63) is 64.0 Å². The van der Waals surface area contributed by atoms with Crippen molar-refractivity contribution in [3.8, 4) is 11.3 Å². The first-order valence-electron chi connectivity index (χ1n) is 9.99. The van der Waals surface area contributed by atoms with Gasteiger partial charge in [0, 0.05) is 47.1 Å². The molecule has 0 unspecified atom stereocenters. The molecule has 0 radical (unpaired) electrons. The third kappa shape index (κ3) is 3.98. The van der Waals surface area contributed by atoms with Crippen molar-refractivity contribution >= 4 is 28.8 Å². The van der Waals surface area contributed by atoms with E-state index in [1.807, 2.05) is 52.7 Å². The van der Waals surface area contributed by atoms with Crippen LogP contribution in [0.15, 0.2) is 52.3 Å². The molecule has 2 amide bonds. The van der Waals surface area contributed by atoms with Crippen molar-refractivity contribution in [2.75, 3.05) is 11.9 Å². The number of benzene rings is 1. The molecule has 1 N–H and O–H groups in total. The Morgan fingerprint density at radius 1 is 1.17 bits per heavy atom. The minimum absolute atomic E-state index is 0.0300. The van der Waals surface area contributed by atoms with Gasteiger partial charge >= 0.3 is 0 Å². The number of thiophene rings is 1. The molecule has 6 heteroatoms. The molecule has 0 saturated heterocycles. The van der Waals surface area contributed by atoms with E-state index in [0.717, 1.165) is 59.0 Å². The van der Waals surface area contributed by atoms with Crippen LogP contribution in [0, 0.1) is 5.92 Å². The van der Waals surface area contributed by atoms with E-state index in [2.05, 4.69) is 5.32 Å². The van der Waals surface area contributed by atoms with Gasteiger partial charge in [-0.1, -0.05) is 18.2 Å². The quantitative estimate of drug-likeness (QED) is 0.679. The Hall–Kier alpha value is -2.86. The highest BCUT2D eigenvalue weighted by atomic mass is 32.1. The van der Waals surface area contributed by atoms with Gasteiger partial charge in [0.05, 0.1) is 6.42 Å². The predicted octanol–water partition coefficient (Wildman–Crippen LogP) is 4.48. The minimum atomic E-state index is -0.0300. The summed E-state index contributed by atoms with van der Waals surface area (Å²) in [5.74, 6) is 2.25. The number of hydrogen-bond acceptors (Lipinski definition) is 4. The molecule has 148 valence electrons. The highest BCUT2D eigenvalue weighted by molar-refractivity contribution is 7.10. The highest BCUT2D eigenvalue weighted by Gasteiger charge is 2.35. The molecular weight excluding hydrogens is 384 g/mol. The molecule has 3 heterocycles. The van der Waals surface area contributed by atoms with Crippen molar-refractivity contribution in [2.24, 2.45) is 5.92 Å². The molecule has 5 rings (SSSR count). The Bertz CT molecular complexity index is 1050. The molecule has 1 fully saturated rings. The third-order valence-electron chi connectivity index (χ3n) is 5.45. The average molecular weight is 407 g/mol. The van der Waals surface area contributed by atoms with Crippen LogP contribution in [0.2, 0.25) is 0 Å². The summed E-state index contributed by atoms with van der Waals surface area (Å²) in [6.07, 6.45) is 3.19. The number of amides is 2. The van der Waals surface area contributed by atoms with Crippen molar-refractivity contribution in [2.45, 2.75) is 32.2 Å². The molecule has 0 spiro atoms. The zero-order valence-corrected chi connectivity index (χ0v) is 16.8. The SMILES string of the molecule is O=C(Cc1cccs1)Nc1cccc(-c2cc3c(o2)CCN(C(=O)C2CC2)C3)c1. The fourth-order valence-corrected chi connectivity index (χ4v) is 4.48. The van der Waals surface area contributed by atoms with E-state index in [1.54, 1.807) is 11.3 Å². The van der Waals surface area contributed by atoms with Gasteiger partial charge in [0.25, 0.3) is 0 Å². The second-order valence-electron chi connectivity index (χ2n) is 7.73. The lowest BCUT2D eigenvalue weighted by molar-refractivity contribution is -0.133. The van der Waals surface area contributed by atoms with E-state index < -0.39 is 0 Å². The molecule has 29 heavy (non-hydrogen) atoms. The molecule has 1 aliphatic carbocycles. The Morgan fingerprint density at radius 3 is 2.86 bits per heavy atom. The maximum atomic E-state index is 12.4. The fourth-order valence-electron chi connectivity index (χ4n) is 3.78. The van der Waals surface area contributed by atoms with Gasteiger partial charge in [-0.15, -0.1) is 11.3 Å². The first kappa shape index (κ1) is 18.2. The monoisotopic (exact) mass is 406 g/mol. The van der Waals surface area contributed by atoms with Crippen molar-refractivity contribution in [3.63, 3.8) is 0 Å². The Balaban J connectivity index is 1.30. The number of furan rings is 1. The zero-order chi connectivity index (χ0) is 19.8. The summed E-state index contributed by atoms with van der Waals surface area (Å²) in [7, 11) is 0. The number of carbonyl (C=O) groups excluding carboxylic acids is 2. The van der Waals surface area contributed by atoms with Crippen LogP contribution in [0.3, 0.4) is 0 Å². The van der Waals surface area contributed by atoms with Crippen LogP contribution in [0.25, 0.3) is 11.3 Å². The van der Waals surface area contributed by atoms with Crippen molar-refractivity contribution < 1.29 is 14.0 Å². The van der Waals surface area contributed by atoms with Gasteiger partial charge in [-0.3, -0.25) is 9.59 Å². The summed E-state index contributed by atoms with van der Waals surface area (Å²) < 4.78 is 6.09. The van der Waals surface area contributed by atoms with E-state index in [4.69, 9.17) is 4.42 Å². The Labute approximate surface area is 173 Å². The maximum Gasteiger partial charge on any atom is 0.229 e. The number of rotatable bonds is 5. The van der Waals surface area contributed by atoms with Crippen LogP contribution in [-0.4, -0.2) is 23.3 Å². The number of carbonyl (C=O) groups is 2. The largest absolute Gasteiger partial charge is 0.461 e. The Kier molecular flexibility index (Phi) is 4.72. The molecule has 0 atom stereocenters. The number of nitrogens with zero attached hydrogens (tertiary/aromatic N) is 1. The molecular formula is C23H22N2O3S. The first-order chi connectivity index (χ1) is 14.2. The molecule has 1 aliphatic heterocycles. The second-order valence-corrected chi connectivity index (χ2v) is 8.76. The highest BCUT2D eigenvalue weighted by Crippen LogP contribution is 2.35. The van der Waals surface area contributed by atoms with Gasteiger partial charge in [-0.25, -0.2) is 0 Å². The van der Waals surface area contributed by atoms with E-state index in [-0.39, 0.29) is 17.7 Å².